The van der Waals surface area contributed by atoms with Crippen LogP contribution < -0.4 is 9.47 Å². The molecule has 36 heavy (non-hydrogen) atoms. The molecule has 1 saturated carbocycles. The summed E-state index contributed by atoms with van der Waals surface area (Å²) in [7, 11) is 3.34. The van der Waals surface area contributed by atoms with Gasteiger partial charge in [-0.3, -0.25) is 4.79 Å². The number of ketones is 1. The molecule has 1 aliphatic carbocycles. The fourth-order valence-electron chi connectivity index (χ4n) is 5.51. The number of carbonyl (C=O) groups excluding carboxylic acids is 1. The molecule has 5 heteroatoms. The molecule has 3 aliphatic rings. The first-order chi connectivity index (χ1) is 17.5. The zero-order valence-electron chi connectivity index (χ0n) is 21.0. The third-order valence-electron chi connectivity index (χ3n) is 7.27. The van der Waals surface area contributed by atoms with Gasteiger partial charge in [-0.2, -0.15) is 0 Å². The van der Waals surface area contributed by atoms with Crippen molar-refractivity contribution in [2.45, 2.75) is 50.1 Å². The summed E-state index contributed by atoms with van der Waals surface area (Å²) in [5, 5.41) is 0. The monoisotopic (exact) mass is 484 g/mol. The molecule has 0 unspecified atom stereocenters. The lowest BCUT2D eigenvalue weighted by atomic mass is 9.83. The van der Waals surface area contributed by atoms with E-state index in [4.69, 9.17) is 18.9 Å². The van der Waals surface area contributed by atoms with E-state index < -0.39 is 17.5 Å². The van der Waals surface area contributed by atoms with E-state index >= 15 is 0 Å². The Balaban J connectivity index is 1.52. The minimum Gasteiger partial charge on any atom is -0.496 e. The van der Waals surface area contributed by atoms with E-state index in [0.29, 0.717) is 12.8 Å². The molecule has 0 radical (unpaired) electrons. The number of para-hydroxylation sites is 2. The normalized spacial score (nSPS) is 27.2. The Morgan fingerprint density at radius 3 is 1.89 bits per heavy atom. The van der Waals surface area contributed by atoms with Crippen molar-refractivity contribution in [3.05, 3.63) is 95.1 Å². The van der Waals surface area contributed by atoms with E-state index in [0.717, 1.165) is 46.6 Å². The van der Waals surface area contributed by atoms with Gasteiger partial charge in [-0.25, -0.2) is 0 Å². The van der Waals surface area contributed by atoms with Gasteiger partial charge in [0.2, 0.25) is 0 Å². The van der Waals surface area contributed by atoms with Crippen molar-refractivity contribution in [3.8, 4) is 11.5 Å². The summed E-state index contributed by atoms with van der Waals surface area (Å²) in [6.45, 7) is 1.95. The van der Waals surface area contributed by atoms with Gasteiger partial charge in [0.1, 0.15) is 17.1 Å². The van der Waals surface area contributed by atoms with Crippen LogP contribution in [-0.4, -0.2) is 37.5 Å². The van der Waals surface area contributed by atoms with E-state index in [2.05, 4.69) is 12.2 Å². The van der Waals surface area contributed by atoms with Gasteiger partial charge in [-0.15, -0.1) is 0 Å². The summed E-state index contributed by atoms with van der Waals surface area (Å²) in [6.07, 6.45) is 14.2. The van der Waals surface area contributed by atoms with Gasteiger partial charge in [0, 0.05) is 24.0 Å². The van der Waals surface area contributed by atoms with E-state index in [9.17, 15) is 4.79 Å². The second kappa shape index (κ2) is 9.92. The van der Waals surface area contributed by atoms with Crippen molar-refractivity contribution in [1.29, 1.82) is 0 Å². The van der Waals surface area contributed by atoms with Crippen molar-refractivity contribution in [3.63, 3.8) is 0 Å². The van der Waals surface area contributed by atoms with Crippen molar-refractivity contribution < 1.29 is 23.7 Å². The molecule has 5 nitrogen and oxygen atoms in total. The number of Topliss-reactive ketones (excluding diaryl/α,β-unsaturated/α-hetero) is 1. The van der Waals surface area contributed by atoms with Gasteiger partial charge < -0.3 is 18.9 Å². The second-order valence-corrected chi connectivity index (χ2v) is 9.52. The standard InChI is InChI=1S/C31H32O5/c1-30-21-20-26(32)29(35-30)31(36-30)24(14-8-12-22-10-4-6-16-27(22)33-2)18-19-25(31)15-9-13-23-11-5-7-17-28(23)34-3/h4-17,29H,18-21H2,1-3H3/b12-8+,13-9+,24-14+,25-15+/t29-,30-/m0/s1. The first kappa shape index (κ1) is 24.3. The Morgan fingerprint density at radius 2 is 1.36 bits per heavy atom. The van der Waals surface area contributed by atoms with Gasteiger partial charge in [0.25, 0.3) is 0 Å². The number of fused-ring (bicyclic) bond motifs is 3. The van der Waals surface area contributed by atoms with E-state index in [1.165, 1.54) is 0 Å². The zero-order valence-corrected chi connectivity index (χ0v) is 21.0. The predicted molar refractivity (Wildman–Crippen MR) is 141 cm³/mol. The molecule has 1 spiro atoms. The number of hydrogen-bond donors (Lipinski definition) is 0. The molecule has 2 atom stereocenters. The van der Waals surface area contributed by atoms with Crippen LogP contribution in [0.3, 0.4) is 0 Å². The molecule has 2 aliphatic heterocycles. The van der Waals surface area contributed by atoms with Crippen molar-refractivity contribution in [2.75, 3.05) is 14.2 Å². The lowest BCUT2D eigenvalue weighted by molar-refractivity contribution is -0.185. The summed E-state index contributed by atoms with van der Waals surface area (Å²) in [6, 6.07) is 15.8. The summed E-state index contributed by atoms with van der Waals surface area (Å²) < 4.78 is 23.9. The fourth-order valence-corrected chi connectivity index (χ4v) is 5.51. The van der Waals surface area contributed by atoms with Crippen LogP contribution in [0.5, 0.6) is 11.5 Å². The average Bonchev–Trinajstić information content (AvgIpc) is 3.37. The van der Waals surface area contributed by atoms with Crippen LogP contribution in [0.15, 0.2) is 84.0 Å². The van der Waals surface area contributed by atoms with Crippen LogP contribution in [0.25, 0.3) is 12.2 Å². The van der Waals surface area contributed by atoms with Crippen LogP contribution in [0.2, 0.25) is 0 Å². The molecule has 2 aromatic carbocycles. The third kappa shape index (κ3) is 4.34. The lowest BCUT2D eigenvalue weighted by Gasteiger charge is -2.30. The van der Waals surface area contributed by atoms with E-state index in [1.807, 2.05) is 79.8 Å². The van der Waals surface area contributed by atoms with Crippen LogP contribution in [-0.2, 0) is 14.3 Å². The van der Waals surface area contributed by atoms with Crippen molar-refractivity contribution in [2.24, 2.45) is 0 Å². The summed E-state index contributed by atoms with van der Waals surface area (Å²) >= 11 is 0. The molecule has 2 bridgehead atoms. The largest absolute Gasteiger partial charge is 0.496 e. The first-order valence-corrected chi connectivity index (χ1v) is 12.4. The van der Waals surface area contributed by atoms with Crippen LogP contribution >= 0.6 is 0 Å². The fraction of sp³-hybridized carbons (Fsp3) is 0.323. The number of benzene rings is 2. The highest BCUT2D eigenvalue weighted by molar-refractivity contribution is 5.88. The van der Waals surface area contributed by atoms with Gasteiger partial charge in [0.15, 0.2) is 17.7 Å². The second-order valence-electron chi connectivity index (χ2n) is 9.52. The van der Waals surface area contributed by atoms with E-state index in [-0.39, 0.29) is 5.78 Å². The highest BCUT2D eigenvalue weighted by Crippen LogP contribution is 2.56. The molecule has 2 heterocycles. The van der Waals surface area contributed by atoms with Gasteiger partial charge in [-0.1, -0.05) is 72.9 Å². The number of methoxy groups -OCH3 is 2. The maximum absolute atomic E-state index is 13.1. The van der Waals surface area contributed by atoms with E-state index in [1.54, 1.807) is 14.2 Å². The number of allylic oxidation sites excluding steroid dienone is 4. The number of carbonyl (C=O) groups is 1. The molecule has 3 fully saturated rings. The third-order valence-corrected chi connectivity index (χ3v) is 7.27. The Morgan fingerprint density at radius 1 is 0.833 bits per heavy atom. The number of hydrogen-bond acceptors (Lipinski definition) is 5. The summed E-state index contributed by atoms with van der Waals surface area (Å²) in [4.78, 5) is 13.1. The highest BCUT2D eigenvalue weighted by atomic mass is 16.8. The molecule has 2 aromatic rings. The smallest absolute Gasteiger partial charge is 0.168 e. The molecule has 0 amide bonds. The van der Waals surface area contributed by atoms with Crippen molar-refractivity contribution in [1.82, 2.24) is 0 Å². The molecule has 0 aromatic heterocycles. The Kier molecular flexibility index (Phi) is 6.69. The topological polar surface area (TPSA) is 54.0 Å². The molecular formula is C31H32O5. The quantitative estimate of drug-likeness (QED) is 0.481. The van der Waals surface area contributed by atoms with Gasteiger partial charge in [-0.05, 0) is 43.0 Å². The first-order valence-electron chi connectivity index (χ1n) is 12.4. The number of ether oxygens (including phenoxy) is 4. The van der Waals surface area contributed by atoms with Crippen LogP contribution in [0.1, 0.15) is 43.7 Å². The maximum Gasteiger partial charge on any atom is 0.168 e. The van der Waals surface area contributed by atoms with Gasteiger partial charge in [0.05, 0.1) is 14.2 Å². The zero-order chi connectivity index (χ0) is 25.2. The minimum absolute atomic E-state index is 0.103. The minimum atomic E-state index is -0.876. The number of rotatable bonds is 6. The molecule has 2 saturated heterocycles. The Labute approximate surface area is 212 Å². The highest BCUT2D eigenvalue weighted by Gasteiger charge is 2.64. The van der Waals surface area contributed by atoms with Crippen LogP contribution in [0.4, 0.5) is 0 Å². The summed E-state index contributed by atoms with van der Waals surface area (Å²) in [5.41, 5.74) is 3.23. The Bertz CT molecular complexity index is 1190. The molecule has 5 rings (SSSR count). The van der Waals surface area contributed by atoms with Gasteiger partial charge >= 0.3 is 0 Å². The lowest BCUT2D eigenvalue weighted by Crippen LogP contribution is -2.45. The average molecular weight is 485 g/mol. The summed E-state index contributed by atoms with van der Waals surface area (Å²) in [5.74, 6) is 0.967. The molecular weight excluding hydrogens is 452 g/mol. The van der Waals surface area contributed by atoms with Crippen LogP contribution in [0, 0.1) is 0 Å². The Hall–Kier alpha value is -3.41. The SMILES string of the molecule is COc1ccccc1/C=C/C=C1\CC/C(=C\C=C\c2ccccc2OC)C12O[C@@]1(C)CCC(=O)[C@@H]2O1. The van der Waals surface area contributed by atoms with Crippen molar-refractivity contribution >= 4 is 17.9 Å². The predicted octanol–water partition coefficient (Wildman–Crippen LogP) is 6.31. The molecule has 0 N–H and O–H groups in total. The maximum atomic E-state index is 13.1. The molecule has 186 valence electrons.